The van der Waals surface area contributed by atoms with Gasteiger partial charge in [0.05, 0.1) is 30.5 Å². The number of aromatic nitrogens is 1. The van der Waals surface area contributed by atoms with Crippen LogP contribution in [0.25, 0.3) is 0 Å². The molecule has 2 aromatic rings. The van der Waals surface area contributed by atoms with E-state index in [0.29, 0.717) is 11.5 Å². The molecule has 1 heterocycles. The lowest BCUT2D eigenvalue weighted by Gasteiger charge is -2.18. The molecule has 1 aromatic carbocycles. The molecule has 0 saturated carbocycles. The summed E-state index contributed by atoms with van der Waals surface area (Å²) in [4.78, 5) is 30.4. The van der Waals surface area contributed by atoms with E-state index >= 15 is 0 Å². The fraction of sp³-hybridized carbons (Fsp3) is 0.235. The third-order valence-electron chi connectivity index (χ3n) is 3.44. The van der Waals surface area contributed by atoms with Gasteiger partial charge >= 0.3 is 0 Å². The van der Waals surface area contributed by atoms with E-state index in [-0.39, 0.29) is 33.0 Å². The molecule has 9 heteroatoms. The third-order valence-corrected chi connectivity index (χ3v) is 3.95. The Morgan fingerprint density at radius 2 is 1.69 bits per heavy atom. The average molecular weight is 398 g/mol. The number of carbonyl (C=O) groups is 2. The zero-order valence-electron chi connectivity index (χ0n) is 14.6. The van der Waals surface area contributed by atoms with Gasteiger partial charge in [-0.2, -0.15) is 0 Å². The lowest BCUT2D eigenvalue weighted by Crippen LogP contribution is -2.24. The summed E-state index contributed by atoms with van der Waals surface area (Å²) in [6.45, 7) is 0. The molecule has 0 atom stereocenters. The van der Waals surface area contributed by atoms with Crippen LogP contribution >= 0.6 is 23.2 Å². The van der Waals surface area contributed by atoms with Gasteiger partial charge in [0.15, 0.2) is 11.5 Å². The van der Waals surface area contributed by atoms with Crippen molar-refractivity contribution in [2.24, 2.45) is 0 Å². The number of hydrogen-bond acceptors (Lipinski definition) is 5. The number of amides is 2. The van der Waals surface area contributed by atoms with Crippen LogP contribution in [0.1, 0.15) is 20.8 Å². The number of ether oxygens (including phenoxy) is 2. The molecule has 2 amide bonds. The van der Waals surface area contributed by atoms with Crippen molar-refractivity contribution in [1.29, 1.82) is 0 Å². The third kappa shape index (κ3) is 4.17. The number of hydrogen-bond donors (Lipinski definition) is 1. The van der Waals surface area contributed by atoms with Gasteiger partial charge < -0.3 is 19.7 Å². The van der Waals surface area contributed by atoms with Gasteiger partial charge in [-0.05, 0) is 18.2 Å². The van der Waals surface area contributed by atoms with Crippen LogP contribution in [0.15, 0.2) is 24.3 Å². The predicted molar refractivity (Wildman–Crippen MR) is 99.8 cm³/mol. The molecule has 0 aliphatic rings. The molecule has 0 radical (unpaired) electrons. The molecular weight excluding hydrogens is 381 g/mol. The summed E-state index contributed by atoms with van der Waals surface area (Å²) in [7, 11) is 6.10. The quantitative estimate of drug-likeness (QED) is 0.782. The van der Waals surface area contributed by atoms with E-state index in [1.54, 1.807) is 14.1 Å². The van der Waals surface area contributed by atoms with Crippen LogP contribution < -0.4 is 14.8 Å². The minimum Gasteiger partial charge on any atom is -0.493 e. The molecule has 7 nitrogen and oxygen atoms in total. The number of nitrogens with one attached hydrogen (secondary N) is 1. The summed E-state index contributed by atoms with van der Waals surface area (Å²) in [5.41, 5.74) is 0.389. The summed E-state index contributed by atoms with van der Waals surface area (Å²) in [6, 6.07) is 5.92. The van der Waals surface area contributed by atoms with E-state index in [4.69, 9.17) is 32.7 Å². The van der Waals surface area contributed by atoms with Crippen molar-refractivity contribution >= 4 is 40.7 Å². The van der Waals surface area contributed by atoms with Crippen molar-refractivity contribution in [3.63, 3.8) is 0 Å². The van der Waals surface area contributed by atoms with E-state index in [2.05, 4.69) is 10.3 Å². The molecule has 0 saturated heterocycles. The van der Waals surface area contributed by atoms with Crippen LogP contribution in [-0.4, -0.2) is 50.0 Å². The largest absolute Gasteiger partial charge is 0.493 e. The maximum atomic E-state index is 12.6. The minimum atomic E-state index is -0.613. The highest BCUT2D eigenvalue weighted by atomic mass is 35.5. The van der Waals surface area contributed by atoms with Crippen LogP contribution in [-0.2, 0) is 0 Å². The smallest absolute Gasteiger partial charge is 0.275 e. The Morgan fingerprint density at radius 3 is 2.27 bits per heavy atom. The van der Waals surface area contributed by atoms with E-state index in [1.807, 2.05) is 0 Å². The van der Waals surface area contributed by atoms with Gasteiger partial charge in [0.1, 0.15) is 10.8 Å². The molecule has 2 rings (SSSR count). The van der Waals surface area contributed by atoms with Gasteiger partial charge in [-0.15, -0.1) is 0 Å². The second-order valence-corrected chi connectivity index (χ2v) is 6.17. The summed E-state index contributed by atoms with van der Waals surface area (Å²) in [6.07, 6.45) is 0. The first-order valence-electron chi connectivity index (χ1n) is 7.39. The number of rotatable bonds is 5. The van der Waals surface area contributed by atoms with Gasteiger partial charge in [-0.3, -0.25) is 9.59 Å². The fourth-order valence-corrected chi connectivity index (χ4v) is 2.50. The van der Waals surface area contributed by atoms with Crippen molar-refractivity contribution in [1.82, 2.24) is 9.88 Å². The second-order valence-electron chi connectivity index (χ2n) is 5.37. The predicted octanol–water partition coefficient (Wildman–Crippen LogP) is 3.36. The van der Waals surface area contributed by atoms with Crippen LogP contribution in [0.3, 0.4) is 0 Å². The molecule has 0 unspecified atom stereocenters. The van der Waals surface area contributed by atoms with E-state index in [0.717, 1.165) is 0 Å². The first kappa shape index (κ1) is 19.8. The van der Waals surface area contributed by atoms with E-state index in [9.17, 15) is 9.59 Å². The van der Waals surface area contributed by atoms with Crippen molar-refractivity contribution in [2.45, 2.75) is 0 Å². The number of methoxy groups -OCH3 is 2. The molecule has 1 N–H and O–H groups in total. The molecule has 26 heavy (non-hydrogen) atoms. The maximum absolute atomic E-state index is 12.6. The first-order valence-corrected chi connectivity index (χ1v) is 8.15. The lowest BCUT2D eigenvalue weighted by atomic mass is 10.1. The van der Waals surface area contributed by atoms with Gasteiger partial charge in [0, 0.05) is 20.2 Å². The molecule has 0 aliphatic carbocycles. The van der Waals surface area contributed by atoms with E-state index in [1.165, 1.54) is 43.4 Å². The highest BCUT2D eigenvalue weighted by Gasteiger charge is 2.21. The molecule has 0 spiro atoms. The van der Waals surface area contributed by atoms with Crippen LogP contribution in [0, 0.1) is 0 Å². The SMILES string of the molecule is COc1cc(NC(=O)c2nc(Cl)ccc2Cl)c(C(=O)N(C)C)cc1OC. The Balaban J connectivity index is 2.51. The van der Waals surface area contributed by atoms with Crippen LogP contribution in [0.4, 0.5) is 5.69 Å². The van der Waals surface area contributed by atoms with Crippen molar-refractivity contribution < 1.29 is 19.1 Å². The molecular formula is C17H17Cl2N3O4. The Bertz CT molecular complexity index is 856. The Hall–Kier alpha value is -2.51. The van der Waals surface area contributed by atoms with Gasteiger partial charge in [-0.1, -0.05) is 23.2 Å². The number of pyridine rings is 1. The number of benzene rings is 1. The lowest BCUT2D eigenvalue weighted by molar-refractivity contribution is 0.0828. The van der Waals surface area contributed by atoms with Gasteiger partial charge in [-0.25, -0.2) is 4.98 Å². The van der Waals surface area contributed by atoms with Gasteiger partial charge in [0.2, 0.25) is 0 Å². The number of nitrogens with zero attached hydrogens (tertiary/aromatic N) is 2. The summed E-state index contributed by atoms with van der Waals surface area (Å²) in [5, 5.41) is 2.88. The maximum Gasteiger partial charge on any atom is 0.275 e. The highest BCUT2D eigenvalue weighted by Crippen LogP contribution is 2.34. The normalized spacial score (nSPS) is 10.2. The number of anilines is 1. The minimum absolute atomic E-state index is 0.0581. The summed E-state index contributed by atoms with van der Waals surface area (Å²) in [5.74, 6) is -0.234. The molecule has 1 aromatic heterocycles. The van der Waals surface area contributed by atoms with Crippen molar-refractivity contribution in [3.05, 3.63) is 45.7 Å². The number of carbonyl (C=O) groups excluding carboxylic acids is 2. The zero-order chi connectivity index (χ0) is 19.4. The Kier molecular flexibility index (Phi) is 6.28. The van der Waals surface area contributed by atoms with E-state index < -0.39 is 5.91 Å². The second kappa shape index (κ2) is 8.25. The van der Waals surface area contributed by atoms with Crippen molar-refractivity contribution in [2.75, 3.05) is 33.6 Å². The molecule has 0 bridgehead atoms. The highest BCUT2D eigenvalue weighted by molar-refractivity contribution is 6.35. The fourth-order valence-electron chi connectivity index (χ4n) is 2.16. The van der Waals surface area contributed by atoms with Crippen LogP contribution in [0.5, 0.6) is 11.5 Å². The Labute approximate surface area is 160 Å². The van der Waals surface area contributed by atoms with Crippen LogP contribution in [0.2, 0.25) is 10.2 Å². The molecule has 0 fully saturated rings. The summed E-state index contributed by atoms with van der Waals surface area (Å²) < 4.78 is 10.5. The molecule has 0 aliphatic heterocycles. The average Bonchev–Trinajstić information content (AvgIpc) is 2.62. The van der Waals surface area contributed by atoms with Gasteiger partial charge in [0.25, 0.3) is 11.8 Å². The zero-order valence-corrected chi connectivity index (χ0v) is 16.1. The monoisotopic (exact) mass is 397 g/mol. The molecule has 138 valence electrons. The Morgan fingerprint density at radius 1 is 1.08 bits per heavy atom. The van der Waals surface area contributed by atoms with Crippen molar-refractivity contribution in [3.8, 4) is 11.5 Å². The topological polar surface area (TPSA) is 80.8 Å². The summed E-state index contributed by atoms with van der Waals surface area (Å²) >= 11 is 11.8. The standard InChI is InChI=1S/C17H17Cl2N3O4/c1-22(2)17(24)9-7-12(25-3)13(26-4)8-11(9)20-16(23)15-10(18)5-6-14(19)21-15/h5-8H,1-4H3,(H,20,23). The number of halogens is 2. The first-order chi connectivity index (χ1) is 12.3.